The predicted octanol–water partition coefficient (Wildman–Crippen LogP) is 3.87. The number of hydrogen-bond acceptors (Lipinski definition) is 7. The van der Waals surface area contributed by atoms with Gasteiger partial charge in [0.25, 0.3) is 11.8 Å². The molecule has 0 saturated carbocycles. The minimum atomic E-state index is -5.19. The number of carboxylic acids is 2. The molecule has 50 heavy (non-hydrogen) atoms. The first-order valence-electron chi connectivity index (χ1n) is 14.8. The van der Waals surface area contributed by atoms with Gasteiger partial charge in [-0.1, -0.05) is 30.3 Å². The van der Waals surface area contributed by atoms with E-state index in [-0.39, 0.29) is 18.6 Å². The fourth-order valence-electron chi connectivity index (χ4n) is 4.71. The van der Waals surface area contributed by atoms with Crippen molar-refractivity contribution in [1.29, 1.82) is 0 Å². The first kappa shape index (κ1) is 39.1. The summed E-state index contributed by atoms with van der Waals surface area (Å²) in [4.78, 5) is 45.6. The Labute approximate surface area is 282 Å². The first-order valence-corrected chi connectivity index (χ1v) is 14.8. The normalized spacial score (nSPS) is 14.9. The third-order valence-corrected chi connectivity index (χ3v) is 7.39. The second kappa shape index (κ2) is 16.4. The maximum Gasteiger partial charge on any atom is 0.490 e. The molecular weight excluding hydrogens is 680 g/mol. The number of benzene rings is 3. The van der Waals surface area contributed by atoms with Gasteiger partial charge in [0, 0.05) is 30.6 Å². The lowest BCUT2D eigenvalue weighted by Gasteiger charge is -2.28. The van der Waals surface area contributed by atoms with Gasteiger partial charge in [0.05, 0.1) is 33.7 Å². The maximum atomic E-state index is 13.3. The molecule has 0 radical (unpaired) electrons. The molecule has 2 heterocycles. The van der Waals surface area contributed by atoms with E-state index < -0.39 is 24.3 Å². The molecule has 3 aromatic carbocycles. The number of nitrogens with one attached hydrogen (secondary N) is 1. The molecule has 0 unspecified atom stereocenters. The van der Waals surface area contributed by atoms with E-state index in [4.69, 9.17) is 29.3 Å². The number of ether oxygens (including phenoxy) is 2. The van der Waals surface area contributed by atoms with Gasteiger partial charge in [-0.05, 0) is 53.1 Å². The molecular formula is C33H33F6N3O8. The van der Waals surface area contributed by atoms with Crippen LogP contribution in [0.25, 0.3) is 11.1 Å². The van der Waals surface area contributed by atoms with Crippen molar-refractivity contribution >= 4 is 23.8 Å². The number of fused-ring (bicyclic) bond motifs is 1. The summed E-state index contributed by atoms with van der Waals surface area (Å²) in [6, 6.07) is 21.0. The summed E-state index contributed by atoms with van der Waals surface area (Å²) in [6.45, 7) is 4.18. The van der Waals surface area contributed by atoms with Crippen LogP contribution in [-0.4, -0.2) is 97.7 Å². The number of hydrogen-bond donors (Lipinski definition) is 2. The molecule has 270 valence electrons. The Kier molecular flexibility index (Phi) is 12.8. The third kappa shape index (κ3) is 11.7. The number of rotatable bonds is 5. The van der Waals surface area contributed by atoms with Crippen molar-refractivity contribution < 1.29 is 69.7 Å². The van der Waals surface area contributed by atoms with Gasteiger partial charge in [-0.2, -0.15) is 26.3 Å². The van der Waals surface area contributed by atoms with E-state index in [2.05, 4.69) is 25.5 Å². The summed E-state index contributed by atoms with van der Waals surface area (Å²) in [6.07, 6.45) is -9.27. The van der Waals surface area contributed by atoms with Crippen LogP contribution in [0.2, 0.25) is 0 Å². The minimum Gasteiger partial charge on any atom is -0.542 e. The van der Waals surface area contributed by atoms with Crippen LogP contribution in [0.1, 0.15) is 32.7 Å². The Bertz CT molecular complexity index is 1670. The summed E-state index contributed by atoms with van der Waals surface area (Å²) >= 11 is 0. The number of carboxylic acid groups (broad SMARTS) is 2. The molecule has 0 atom stereocenters. The number of alkyl halides is 6. The van der Waals surface area contributed by atoms with Gasteiger partial charge in [0.1, 0.15) is 5.97 Å². The van der Waals surface area contributed by atoms with Gasteiger partial charge in [0.15, 0.2) is 11.5 Å². The molecule has 0 bridgehead atoms. The average molecular weight is 714 g/mol. The third-order valence-electron chi connectivity index (χ3n) is 7.39. The topological polar surface area (TPSA) is 145 Å². The van der Waals surface area contributed by atoms with Gasteiger partial charge in [0.2, 0.25) is 6.79 Å². The molecule has 0 aliphatic carbocycles. The highest BCUT2D eigenvalue weighted by Crippen LogP contribution is 2.32. The summed E-state index contributed by atoms with van der Waals surface area (Å²) in [7, 11) is 4.44. The maximum absolute atomic E-state index is 13.3. The lowest BCUT2D eigenvalue weighted by molar-refractivity contribution is -0.888. The number of amides is 2. The van der Waals surface area contributed by atoms with Crippen molar-refractivity contribution in [3.8, 4) is 22.6 Å². The Morgan fingerprint density at radius 2 is 1.42 bits per heavy atom. The fourth-order valence-corrected chi connectivity index (χ4v) is 4.71. The predicted molar refractivity (Wildman–Crippen MR) is 163 cm³/mol. The second-order valence-corrected chi connectivity index (χ2v) is 11.6. The Morgan fingerprint density at radius 1 is 0.820 bits per heavy atom. The zero-order valence-electron chi connectivity index (χ0n) is 26.8. The van der Waals surface area contributed by atoms with Crippen LogP contribution < -0.4 is 19.9 Å². The highest BCUT2D eigenvalue weighted by Gasteiger charge is 2.38. The Hall–Kier alpha value is -5.32. The van der Waals surface area contributed by atoms with Crippen LogP contribution in [0, 0.1) is 0 Å². The van der Waals surface area contributed by atoms with E-state index in [0.717, 1.165) is 53.8 Å². The number of carbonyl (C=O) groups excluding carboxylic acids is 3. The molecule has 1 fully saturated rings. The quantitative estimate of drug-likeness (QED) is 0.300. The smallest absolute Gasteiger partial charge is 0.490 e. The van der Waals surface area contributed by atoms with Crippen LogP contribution in [0.5, 0.6) is 11.5 Å². The molecule has 2 N–H and O–H groups in total. The Morgan fingerprint density at radius 3 is 2.04 bits per heavy atom. The standard InChI is InChI=1S/C29H31N3O4.2C2HF3O2/c1-32(2)14-5-12-31(13-15-32)29(34)25-9-4-8-23(17-25)22-7-3-6-21(16-22)19-30-28(33)24-10-11-26-27(18-24)36-20-35-26;2*3-2(4,5)1(6)7/h3-4,6-11,16-18H,5,12-15,19-20H2,1-2H3;2*(H,6,7). The van der Waals surface area contributed by atoms with E-state index >= 15 is 0 Å². The summed E-state index contributed by atoms with van der Waals surface area (Å²) < 4.78 is 74.9. The molecule has 0 aromatic heterocycles. The molecule has 2 aliphatic heterocycles. The summed E-state index contributed by atoms with van der Waals surface area (Å²) in [5.74, 6) is -4.61. The van der Waals surface area contributed by atoms with Gasteiger partial charge in [-0.15, -0.1) is 0 Å². The zero-order valence-corrected chi connectivity index (χ0v) is 26.8. The highest BCUT2D eigenvalue weighted by molar-refractivity contribution is 5.96. The van der Waals surface area contributed by atoms with E-state index in [1.54, 1.807) is 18.2 Å². The van der Waals surface area contributed by atoms with Gasteiger partial charge in [-0.3, -0.25) is 9.59 Å². The highest BCUT2D eigenvalue weighted by atomic mass is 19.4. The lowest BCUT2D eigenvalue weighted by Crippen LogP contribution is -2.43. The summed E-state index contributed by atoms with van der Waals surface area (Å²) in [5.41, 5.74) is 4.20. The molecule has 0 spiro atoms. The molecule has 2 amide bonds. The van der Waals surface area contributed by atoms with E-state index in [1.807, 2.05) is 47.4 Å². The lowest BCUT2D eigenvalue weighted by atomic mass is 10.0. The van der Waals surface area contributed by atoms with Gasteiger partial charge >= 0.3 is 18.3 Å². The fraction of sp³-hybridized carbons (Fsp3) is 0.333. The van der Waals surface area contributed by atoms with Crippen LogP contribution in [-0.2, 0) is 16.1 Å². The van der Waals surface area contributed by atoms with Crippen LogP contribution in [0.15, 0.2) is 66.7 Å². The van der Waals surface area contributed by atoms with Crippen LogP contribution >= 0.6 is 0 Å². The first-order chi connectivity index (χ1) is 23.3. The second-order valence-electron chi connectivity index (χ2n) is 11.6. The largest absolute Gasteiger partial charge is 0.542 e. The van der Waals surface area contributed by atoms with Crippen molar-refractivity contribution in [3.63, 3.8) is 0 Å². The number of likely N-dealkylation sites (N-methyl/N-ethyl adjacent to an activating group) is 1. The van der Waals surface area contributed by atoms with Crippen molar-refractivity contribution in [2.45, 2.75) is 25.3 Å². The number of halogens is 6. The van der Waals surface area contributed by atoms with E-state index in [0.29, 0.717) is 29.2 Å². The molecule has 11 nitrogen and oxygen atoms in total. The Balaban J connectivity index is 0.000000408. The van der Waals surface area contributed by atoms with E-state index in [9.17, 15) is 35.9 Å². The van der Waals surface area contributed by atoms with Crippen molar-refractivity contribution in [3.05, 3.63) is 83.4 Å². The van der Waals surface area contributed by atoms with Crippen LogP contribution in [0.3, 0.4) is 0 Å². The van der Waals surface area contributed by atoms with Gasteiger partial charge in [-0.25, -0.2) is 4.79 Å². The van der Waals surface area contributed by atoms with Crippen molar-refractivity contribution in [2.75, 3.05) is 47.1 Å². The molecule has 3 aromatic rings. The van der Waals surface area contributed by atoms with Crippen molar-refractivity contribution in [2.24, 2.45) is 0 Å². The number of nitrogens with zero attached hydrogens (tertiary/aromatic N) is 2. The monoisotopic (exact) mass is 713 g/mol. The number of quaternary nitrogens is 1. The average Bonchev–Trinajstić information content (AvgIpc) is 3.45. The minimum absolute atomic E-state index is 0.0888. The number of carbonyl (C=O) groups is 4. The van der Waals surface area contributed by atoms with Gasteiger partial charge < -0.3 is 39.2 Å². The molecule has 5 rings (SSSR count). The van der Waals surface area contributed by atoms with E-state index in [1.165, 1.54) is 0 Å². The molecule has 17 heteroatoms. The molecule has 1 saturated heterocycles. The number of aliphatic carboxylic acids is 2. The SMILES string of the molecule is C[N+]1(C)CCCN(C(=O)c2cccc(-c3cccc(CNC(=O)c4ccc5c(c4)OCO5)c3)c2)CC1.O=C(O)C(F)(F)F.O=C([O-])C(F)(F)F. The molecule has 2 aliphatic rings. The van der Waals surface area contributed by atoms with Crippen LogP contribution in [0.4, 0.5) is 26.3 Å². The summed E-state index contributed by atoms with van der Waals surface area (Å²) in [5, 5.41) is 18.9. The zero-order chi connectivity index (χ0) is 37.3. The van der Waals surface area contributed by atoms with Crippen molar-refractivity contribution in [1.82, 2.24) is 10.2 Å².